The summed E-state index contributed by atoms with van der Waals surface area (Å²) in [6, 6.07) is 3.65. The van der Waals surface area contributed by atoms with Gasteiger partial charge in [-0.15, -0.1) is 0 Å². The van der Waals surface area contributed by atoms with Crippen LogP contribution in [0.1, 0.15) is 18.5 Å². The Balaban J connectivity index is 1.73. The van der Waals surface area contributed by atoms with Gasteiger partial charge in [0.1, 0.15) is 10.3 Å². The van der Waals surface area contributed by atoms with E-state index in [-0.39, 0.29) is 18.7 Å². The van der Waals surface area contributed by atoms with E-state index in [2.05, 4.69) is 15.3 Å². The number of aromatic nitrogens is 2. The van der Waals surface area contributed by atoms with Crippen LogP contribution in [0.5, 0.6) is 0 Å². The minimum atomic E-state index is -0.235. The molecule has 0 bridgehead atoms. The second-order valence-electron chi connectivity index (χ2n) is 5.49. The molecule has 7 nitrogen and oxygen atoms in total. The number of aliphatic hydroxyl groups excluding tert-OH is 1. The first-order chi connectivity index (χ1) is 11.2. The molecule has 1 fully saturated rings. The summed E-state index contributed by atoms with van der Waals surface area (Å²) >= 11 is 1.35. The van der Waals surface area contributed by atoms with Crippen molar-refractivity contribution in [3.05, 3.63) is 17.8 Å². The van der Waals surface area contributed by atoms with Crippen molar-refractivity contribution in [1.29, 1.82) is 0 Å². The highest BCUT2D eigenvalue weighted by molar-refractivity contribution is 7.21. The number of ether oxygens (including phenoxy) is 1. The summed E-state index contributed by atoms with van der Waals surface area (Å²) in [5, 5.41) is 12.6. The van der Waals surface area contributed by atoms with E-state index >= 15 is 0 Å². The van der Waals surface area contributed by atoms with Crippen molar-refractivity contribution in [1.82, 2.24) is 14.9 Å². The number of fused-ring (bicyclic) bond motifs is 1. The minimum Gasteiger partial charge on any atom is -0.395 e. The van der Waals surface area contributed by atoms with Crippen LogP contribution in [-0.4, -0.2) is 58.4 Å². The lowest BCUT2D eigenvalue weighted by Gasteiger charge is -2.33. The van der Waals surface area contributed by atoms with Gasteiger partial charge in [0.05, 0.1) is 6.61 Å². The van der Waals surface area contributed by atoms with Gasteiger partial charge in [0.2, 0.25) is 0 Å². The number of aryl methyl sites for hydroxylation is 1. The predicted octanol–water partition coefficient (Wildman–Crippen LogP) is 2.00. The number of hydrogen-bond donors (Lipinski definition) is 2. The molecule has 3 rings (SSSR count). The van der Waals surface area contributed by atoms with Crippen molar-refractivity contribution in [2.24, 2.45) is 0 Å². The number of hydrogen-bond acceptors (Lipinski definition) is 6. The highest BCUT2D eigenvalue weighted by Gasteiger charge is 2.26. The summed E-state index contributed by atoms with van der Waals surface area (Å²) in [6.45, 7) is 3.45. The Morgan fingerprint density at radius 1 is 1.43 bits per heavy atom. The van der Waals surface area contributed by atoms with Crippen molar-refractivity contribution < 1.29 is 14.6 Å². The van der Waals surface area contributed by atoms with Crippen molar-refractivity contribution in [2.75, 3.05) is 31.7 Å². The number of thiazole rings is 1. The summed E-state index contributed by atoms with van der Waals surface area (Å²) in [5.74, 6) is 0. The second kappa shape index (κ2) is 7.20. The first kappa shape index (κ1) is 16.1. The number of aliphatic hydroxyl groups is 1. The highest BCUT2D eigenvalue weighted by atomic mass is 32.1. The number of urea groups is 1. The van der Waals surface area contributed by atoms with Crippen LogP contribution >= 0.6 is 11.3 Å². The van der Waals surface area contributed by atoms with Crippen molar-refractivity contribution in [3.63, 3.8) is 0 Å². The molecule has 2 amide bonds. The van der Waals surface area contributed by atoms with Crippen molar-refractivity contribution in [3.8, 4) is 0 Å². The molecule has 1 aliphatic heterocycles. The minimum absolute atomic E-state index is 0.0641. The van der Waals surface area contributed by atoms with Crippen LogP contribution in [0, 0.1) is 6.92 Å². The van der Waals surface area contributed by atoms with E-state index in [1.165, 1.54) is 11.3 Å². The Morgan fingerprint density at radius 2 is 2.22 bits per heavy atom. The third kappa shape index (κ3) is 3.77. The van der Waals surface area contributed by atoms with E-state index in [9.17, 15) is 9.90 Å². The van der Waals surface area contributed by atoms with Crippen LogP contribution in [0.3, 0.4) is 0 Å². The molecule has 0 spiro atoms. The summed E-state index contributed by atoms with van der Waals surface area (Å²) in [4.78, 5) is 23.8. The van der Waals surface area contributed by atoms with Gasteiger partial charge in [0.25, 0.3) is 0 Å². The molecule has 1 aliphatic rings. The lowest BCUT2D eigenvalue weighted by Crippen LogP contribution is -2.46. The topological polar surface area (TPSA) is 87.6 Å². The van der Waals surface area contributed by atoms with E-state index < -0.39 is 0 Å². The van der Waals surface area contributed by atoms with Gasteiger partial charge >= 0.3 is 6.03 Å². The molecule has 124 valence electrons. The molecule has 1 saturated heterocycles. The SMILES string of the molecule is Cc1ccc2nc(NC(=O)N(CCO)C3CCOCC3)sc2n1. The molecule has 8 heteroatoms. The average molecular weight is 336 g/mol. The number of amides is 2. The van der Waals surface area contributed by atoms with Crippen LogP contribution in [0.15, 0.2) is 12.1 Å². The first-order valence-electron chi connectivity index (χ1n) is 7.68. The molecule has 0 atom stereocenters. The fourth-order valence-electron chi connectivity index (χ4n) is 2.68. The number of nitrogens with one attached hydrogen (secondary N) is 1. The molecule has 3 heterocycles. The van der Waals surface area contributed by atoms with Gasteiger partial charge < -0.3 is 14.7 Å². The van der Waals surface area contributed by atoms with Gasteiger partial charge in [0.15, 0.2) is 5.13 Å². The molecule has 0 saturated carbocycles. The van der Waals surface area contributed by atoms with E-state index in [1.807, 2.05) is 19.1 Å². The molecule has 0 unspecified atom stereocenters. The molecule has 23 heavy (non-hydrogen) atoms. The largest absolute Gasteiger partial charge is 0.395 e. The van der Waals surface area contributed by atoms with Gasteiger partial charge in [-0.25, -0.2) is 14.8 Å². The summed E-state index contributed by atoms with van der Waals surface area (Å²) in [7, 11) is 0. The lowest BCUT2D eigenvalue weighted by atomic mass is 10.1. The normalized spacial score (nSPS) is 15.7. The zero-order valence-corrected chi connectivity index (χ0v) is 13.8. The monoisotopic (exact) mass is 336 g/mol. The molecular weight excluding hydrogens is 316 g/mol. The number of anilines is 1. The standard InChI is InChI=1S/C15H20N4O3S/c1-10-2-3-12-13(16-10)23-14(17-12)18-15(21)19(6-7-20)11-4-8-22-9-5-11/h2-3,11,20H,4-9H2,1H3,(H,17,18,21). The zero-order chi connectivity index (χ0) is 16.2. The lowest BCUT2D eigenvalue weighted by molar-refractivity contribution is 0.0436. The summed E-state index contributed by atoms with van der Waals surface area (Å²) < 4.78 is 5.34. The first-order valence-corrected chi connectivity index (χ1v) is 8.49. The van der Waals surface area contributed by atoms with Gasteiger partial charge in [-0.1, -0.05) is 11.3 Å². The van der Waals surface area contributed by atoms with Gasteiger partial charge in [-0.3, -0.25) is 5.32 Å². The van der Waals surface area contributed by atoms with Crippen LogP contribution in [-0.2, 0) is 4.74 Å². The Morgan fingerprint density at radius 3 is 2.96 bits per heavy atom. The molecule has 2 aromatic heterocycles. The Labute approximate surface area is 138 Å². The number of rotatable bonds is 4. The van der Waals surface area contributed by atoms with E-state index in [0.717, 1.165) is 28.9 Å². The van der Waals surface area contributed by atoms with Gasteiger partial charge in [0, 0.05) is 31.5 Å². The molecular formula is C15H20N4O3S. The fourth-order valence-corrected chi connectivity index (χ4v) is 3.55. The van der Waals surface area contributed by atoms with E-state index in [1.54, 1.807) is 4.90 Å². The van der Waals surface area contributed by atoms with E-state index in [0.29, 0.717) is 24.9 Å². The molecule has 0 radical (unpaired) electrons. The smallest absolute Gasteiger partial charge is 0.323 e. The van der Waals surface area contributed by atoms with Crippen LogP contribution in [0.25, 0.3) is 10.3 Å². The molecule has 0 aliphatic carbocycles. The number of pyridine rings is 1. The van der Waals surface area contributed by atoms with E-state index in [4.69, 9.17) is 4.74 Å². The van der Waals surface area contributed by atoms with Crippen LogP contribution in [0.2, 0.25) is 0 Å². The zero-order valence-electron chi connectivity index (χ0n) is 13.0. The second-order valence-corrected chi connectivity index (χ2v) is 6.46. The number of carbonyl (C=O) groups is 1. The highest BCUT2D eigenvalue weighted by Crippen LogP contribution is 2.25. The fraction of sp³-hybridized carbons (Fsp3) is 0.533. The summed E-state index contributed by atoms with van der Waals surface area (Å²) in [5.41, 5.74) is 1.69. The predicted molar refractivity (Wildman–Crippen MR) is 88.8 cm³/mol. The van der Waals surface area contributed by atoms with Crippen LogP contribution < -0.4 is 5.32 Å². The van der Waals surface area contributed by atoms with Gasteiger partial charge in [-0.2, -0.15) is 0 Å². The Bertz CT molecular complexity index is 684. The van der Waals surface area contributed by atoms with Crippen molar-refractivity contribution in [2.45, 2.75) is 25.8 Å². The quantitative estimate of drug-likeness (QED) is 0.892. The maximum atomic E-state index is 12.6. The Kier molecular flexibility index (Phi) is 5.04. The third-order valence-corrected chi connectivity index (χ3v) is 4.72. The maximum absolute atomic E-state index is 12.6. The summed E-state index contributed by atoms with van der Waals surface area (Å²) in [6.07, 6.45) is 1.57. The average Bonchev–Trinajstić information content (AvgIpc) is 2.94. The maximum Gasteiger partial charge on any atom is 0.323 e. The van der Waals surface area contributed by atoms with Crippen molar-refractivity contribution >= 4 is 32.8 Å². The van der Waals surface area contributed by atoms with Gasteiger partial charge in [-0.05, 0) is 31.9 Å². The Hall–Kier alpha value is -1.77. The molecule has 0 aromatic carbocycles. The molecule has 2 N–H and O–H groups in total. The number of nitrogens with zero attached hydrogens (tertiary/aromatic N) is 3. The molecule has 2 aromatic rings. The third-order valence-electron chi connectivity index (χ3n) is 3.84. The number of carbonyl (C=O) groups excluding carboxylic acids is 1. The van der Waals surface area contributed by atoms with Crippen LogP contribution in [0.4, 0.5) is 9.93 Å².